The van der Waals surface area contributed by atoms with Crippen LogP contribution in [0.3, 0.4) is 0 Å². The third-order valence-corrected chi connectivity index (χ3v) is 5.98. The Kier molecular flexibility index (Phi) is 4.47. The van der Waals surface area contributed by atoms with Crippen molar-refractivity contribution >= 4 is 10.0 Å². The lowest BCUT2D eigenvalue weighted by Gasteiger charge is -2.07. The summed E-state index contributed by atoms with van der Waals surface area (Å²) in [5.41, 5.74) is 0.163. The van der Waals surface area contributed by atoms with E-state index in [1.165, 1.54) is 12.1 Å². The molecule has 2 atom stereocenters. The van der Waals surface area contributed by atoms with Gasteiger partial charge in [0.2, 0.25) is 10.0 Å². The third kappa shape index (κ3) is 3.78. The van der Waals surface area contributed by atoms with Crippen molar-refractivity contribution < 1.29 is 21.6 Å². The molecule has 2 aromatic heterocycles. The summed E-state index contributed by atoms with van der Waals surface area (Å²) < 4.78 is 66.6. The average Bonchev–Trinajstić information content (AvgIpc) is 3.21. The summed E-state index contributed by atoms with van der Waals surface area (Å²) in [6.45, 7) is 0. The Bertz CT molecular complexity index is 1080. The van der Waals surface area contributed by atoms with E-state index in [9.17, 15) is 21.6 Å². The number of sulfonamides is 1. The molecule has 1 saturated carbocycles. The van der Waals surface area contributed by atoms with Crippen molar-refractivity contribution in [2.24, 2.45) is 0 Å². The molecule has 1 aliphatic rings. The first-order chi connectivity index (χ1) is 13.2. The Morgan fingerprint density at radius 3 is 2.43 bits per heavy atom. The number of rotatable bonds is 5. The van der Waals surface area contributed by atoms with E-state index >= 15 is 0 Å². The molecule has 1 N–H and O–H groups in total. The van der Waals surface area contributed by atoms with Gasteiger partial charge in [0.25, 0.3) is 0 Å². The van der Waals surface area contributed by atoms with Crippen LogP contribution in [0.5, 0.6) is 0 Å². The maximum absolute atomic E-state index is 12.7. The molecule has 0 amide bonds. The molecule has 0 unspecified atom stereocenters. The van der Waals surface area contributed by atoms with Crippen LogP contribution in [0.15, 0.2) is 66.0 Å². The van der Waals surface area contributed by atoms with E-state index in [0.717, 1.165) is 22.6 Å². The molecule has 4 rings (SSSR count). The molecule has 1 aromatic carbocycles. The maximum Gasteiger partial charge on any atom is 0.419 e. The molecule has 0 spiro atoms. The minimum atomic E-state index is -4.51. The van der Waals surface area contributed by atoms with Gasteiger partial charge in [-0.1, -0.05) is 30.3 Å². The average molecular weight is 408 g/mol. The lowest BCUT2D eigenvalue weighted by atomic mass is 10.1. The van der Waals surface area contributed by atoms with Gasteiger partial charge in [-0.3, -0.25) is 0 Å². The molecule has 10 heteroatoms. The molecular weight excluding hydrogens is 393 g/mol. The molecule has 0 saturated heterocycles. The zero-order chi connectivity index (χ0) is 19.9. The Labute approximate surface area is 159 Å². The summed E-state index contributed by atoms with van der Waals surface area (Å²) in [7, 11) is -3.78. The molecule has 2 heterocycles. The number of aromatic nitrogens is 3. The molecule has 1 aliphatic carbocycles. The van der Waals surface area contributed by atoms with E-state index in [4.69, 9.17) is 0 Å². The fourth-order valence-electron chi connectivity index (χ4n) is 2.92. The number of hydrogen-bond donors (Lipinski definition) is 1. The second-order valence-corrected chi connectivity index (χ2v) is 8.22. The van der Waals surface area contributed by atoms with Gasteiger partial charge in [-0.25, -0.2) is 22.8 Å². The Hall–Kier alpha value is -2.72. The minimum Gasteiger partial charge on any atom is -0.236 e. The number of alkyl halides is 3. The number of halogens is 3. The van der Waals surface area contributed by atoms with Crippen molar-refractivity contribution in [2.75, 3.05) is 0 Å². The summed E-state index contributed by atoms with van der Waals surface area (Å²) >= 11 is 0. The maximum atomic E-state index is 12.7. The SMILES string of the molecule is O=S(=O)(N[C@H]1C[C@@H]1c1ccccc1)c1ccc(-n2cc(C(F)(F)F)cn2)nc1. The van der Waals surface area contributed by atoms with E-state index in [1.54, 1.807) is 0 Å². The molecule has 0 radical (unpaired) electrons. The van der Waals surface area contributed by atoms with Crippen molar-refractivity contribution in [3.05, 3.63) is 72.2 Å². The van der Waals surface area contributed by atoms with E-state index in [-0.39, 0.29) is 22.7 Å². The lowest BCUT2D eigenvalue weighted by Crippen LogP contribution is -2.27. The van der Waals surface area contributed by atoms with Gasteiger partial charge < -0.3 is 0 Å². The number of nitrogens with one attached hydrogen (secondary N) is 1. The monoisotopic (exact) mass is 408 g/mol. The van der Waals surface area contributed by atoms with Crippen molar-refractivity contribution in [3.63, 3.8) is 0 Å². The highest BCUT2D eigenvalue weighted by Gasteiger charge is 2.41. The van der Waals surface area contributed by atoms with Gasteiger partial charge in [-0.2, -0.15) is 18.3 Å². The van der Waals surface area contributed by atoms with E-state index in [2.05, 4.69) is 14.8 Å². The van der Waals surface area contributed by atoms with Gasteiger partial charge in [0.15, 0.2) is 5.82 Å². The zero-order valence-corrected chi connectivity index (χ0v) is 15.2. The second-order valence-electron chi connectivity index (χ2n) is 6.50. The molecule has 6 nitrogen and oxygen atoms in total. The van der Waals surface area contributed by atoms with Gasteiger partial charge in [0.05, 0.1) is 11.8 Å². The van der Waals surface area contributed by atoms with Crippen LogP contribution in [0.1, 0.15) is 23.5 Å². The fraction of sp³-hybridized carbons (Fsp3) is 0.222. The van der Waals surface area contributed by atoms with Crippen molar-refractivity contribution in [3.8, 4) is 5.82 Å². The van der Waals surface area contributed by atoms with Crippen molar-refractivity contribution in [2.45, 2.75) is 29.5 Å². The Morgan fingerprint density at radius 1 is 1.07 bits per heavy atom. The lowest BCUT2D eigenvalue weighted by molar-refractivity contribution is -0.137. The number of benzene rings is 1. The second kappa shape index (κ2) is 6.71. The van der Waals surface area contributed by atoms with Crippen molar-refractivity contribution in [1.29, 1.82) is 0 Å². The van der Waals surface area contributed by atoms with E-state index < -0.39 is 21.8 Å². The summed E-state index contributed by atoms with van der Waals surface area (Å²) in [6, 6.07) is 12.0. The highest BCUT2D eigenvalue weighted by molar-refractivity contribution is 7.89. The summed E-state index contributed by atoms with van der Waals surface area (Å²) in [5.74, 6) is 0.219. The van der Waals surface area contributed by atoms with Crippen LogP contribution in [0.25, 0.3) is 5.82 Å². The molecule has 0 aliphatic heterocycles. The van der Waals surface area contributed by atoms with Crippen LogP contribution in [-0.4, -0.2) is 29.2 Å². The van der Waals surface area contributed by atoms with Gasteiger partial charge >= 0.3 is 6.18 Å². The Balaban J connectivity index is 1.47. The quantitative estimate of drug-likeness (QED) is 0.704. The predicted octanol–water partition coefficient (Wildman–Crippen LogP) is 3.12. The van der Waals surface area contributed by atoms with Crippen LogP contribution >= 0.6 is 0 Å². The minimum absolute atomic E-state index is 0.0573. The van der Waals surface area contributed by atoms with Gasteiger partial charge in [0, 0.05) is 24.4 Å². The highest BCUT2D eigenvalue weighted by Crippen LogP contribution is 2.41. The van der Waals surface area contributed by atoms with Gasteiger partial charge in [0.1, 0.15) is 4.90 Å². The number of pyridine rings is 1. The van der Waals surface area contributed by atoms with Crippen molar-refractivity contribution in [1.82, 2.24) is 19.5 Å². The van der Waals surface area contributed by atoms with Crippen LogP contribution in [-0.2, 0) is 16.2 Å². The van der Waals surface area contributed by atoms with Crippen LogP contribution < -0.4 is 4.72 Å². The summed E-state index contributed by atoms with van der Waals surface area (Å²) in [6.07, 6.45) is -1.21. The number of hydrogen-bond acceptors (Lipinski definition) is 4. The molecular formula is C18H15F3N4O2S. The first kappa shape index (κ1) is 18.6. The third-order valence-electron chi connectivity index (χ3n) is 4.50. The largest absolute Gasteiger partial charge is 0.419 e. The van der Waals surface area contributed by atoms with E-state index in [0.29, 0.717) is 12.6 Å². The molecule has 0 bridgehead atoms. The summed E-state index contributed by atoms with van der Waals surface area (Å²) in [4.78, 5) is 3.87. The molecule has 146 valence electrons. The van der Waals surface area contributed by atoms with Crippen LogP contribution in [0, 0.1) is 0 Å². The highest BCUT2D eigenvalue weighted by atomic mass is 32.2. The number of nitrogens with zero attached hydrogens (tertiary/aromatic N) is 3. The first-order valence-corrected chi connectivity index (χ1v) is 9.88. The van der Waals surface area contributed by atoms with E-state index in [1.807, 2.05) is 30.3 Å². The molecule has 3 aromatic rings. The standard InChI is InChI=1S/C18H15F3N4O2S/c19-18(20,21)13-9-23-25(11-13)17-7-6-14(10-22-17)28(26,27)24-16-8-15(16)12-4-2-1-3-5-12/h1-7,9-11,15-16,24H,8H2/t15-,16+/m1/s1. The van der Waals surface area contributed by atoms with Crippen LogP contribution in [0.4, 0.5) is 13.2 Å². The van der Waals surface area contributed by atoms with Crippen LogP contribution in [0.2, 0.25) is 0 Å². The summed E-state index contributed by atoms with van der Waals surface area (Å²) in [5, 5.41) is 3.62. The molecule has 1 fully saturated rings. The Morgan fingerprint density at radius 2 is 1.82 bits per heavy atom. The molecule has 28 heavy (non-hydrogen) atoms. The predicted molar refractivity (Wildman–Crippen MR) is 94.3 cm³/mol. The smallest absolute Gasteiger partial charge is 0.236 e. The van der Waals surface area contributed by atoms with Gasteiger partial charge in [-0.15, -0.1) is 0 Å². The zero-order valence-electron chi connectivity index (χ0n) is 14.3. The first-order valence-electron chi connectivity index (χ1n) is 8.39. The fourth-order valence-corrected chi connectivity index (χ4v) is 4.16. The topological polar surface area (TPSA) is 76.9 Å². The van der Waals surface area contributed by atoms with Gasteiger partial charge in [-0.05, 0) is 24.1 Å². The normalized spacial score (nSPS) is 19.5.